The van der Waals surface area contributed by atoms with Gasteiger partial charge in [0.1, 0.15) is 0 Å². The molecule has 0 saturated carbocycles. The minimum atomic E-state index is 0.452. The van der Waals surface area contributed by atoms with Crippen molar-refractivity contribution in [1.29, 1.82) is 0 Å². The van der Waals surface area contributed by atoms with E-state index in [2.05, 4.69) is 80.3 Å². The fourth-order valence-corrected chi connectivity index (χ4v) is 4.03. The molecule has 3 heterocycles. The zero-order valence-electron chi connectivity index (χ0n) is 18.1. The number of hydrogen-bond donors (Lipinski definition) is 1. The number of rotatable bonds is 7. The van der Waals surface area contributed by atoms with Crippen molar-refractivity contribution >= 4 is 16.6 Å². The first kappa shape index (κ1) is 19.9. The topological polar surface area (TPSA) is 81.7 Å². The Balaban J connectivity index is 1.54. The number of aryl methyl sites for hydroxylation is 3. The van der Waals surface area contributed by atoms with E-state index in [0.717, 1.165) is 47.2 Å². The monoisotopic (exact) mass is 424 g/mol. The van der Waals surface area contributed by atoms with Gasteiger partial charge in [-0.05, 0) is 49.1 Å². The van der Waals surface area contributed by atoms with Crippen LogP contribution in [0.1, 0.15) is 17.5 Å². The van der Waals surface area contributed by atoms with Crippen molar-refractivity contribution in [2.45, 2.75) is 26.8 Å². The van der Waals surface area contributed by atoms with E-state index in [1.165, 1.54) is 23.1 Å². The lowest BCUT2D eigenvalue weighted by molar-refractivity contribution is 0.568. The first-order valence-electron chi connectivity index (χ1n) is 10.7. The van der Waals surface area contributed by atoms with E-state index < -0.39 is 0 Å². The fraction of sp³-hybridized carbons (Fsp3) is 0.200. The third-order valence-corrected chi connectivity index (χ3v) is 5.61. The molecule has 0 atom stereocenters. The Morgan fingerprint density at radius 2 is 2.00 bits per heavy atom. The van der Waals surface area contributed by atoms with Crippen molar-refractivity contribution in [2.24, 2.45) is 0 Å². The average molecular weight is 425 g/mol. The summed E-state index contributed by atoms with van der Waals surface area (Å²) >= 11 is 0. The third-order valence-electron chi connectivity index (χ3n) is 5.61. The molecule has 160 valence electrons. The largest absolute Gasteiger partial charge is 0.423 e. The third kappa shape index (κ3) is 3.97. The molecule has 0 saturated heterocycles. The normalized spacial score (nSPS) is 11.2. The van der Waals surface area contributed by atoms with Crippen LogP contribution in [-0.4, -0.2) is 31.3 Å². The van der Waals surface area contributed by atoms with Crippen molar-refractivity contribution < 1.29 is 4.42 Å². The Hall–Kier alpha value is -4.00. The second-order valence-corrected chi connectivity index (χ2v) is 7.92. The zero-order chi connectivity index (χ0) is 21.9. The van der Waals surface area contributed by atoms with Crippen molar-refractivity contribution in [2.75, 3.05) is 11.9 Å². The van der Waals surface area contributed by atoms with Gasteiger partial charge < -0.3 is 14.3 Å². The van der Waals surface area contributed by atoms with Gasteiger partial charge in [0.15, 0.2) is 0 Å². The molecule has 7 nitrogen and oxygen atoms in total. The highest BCUT2D eigenvalue weighted by Gasteiger charge is 2.15. The molecule has 7 heteroatoms. The van der Waals surface area contributed by atoms with Crippen LogP contribution in [0.3, 0.4) is 0 Å². The smallest absolute Gasteiger partial charge is 0.251 e. The minimum Gasteiger partial charge on any atom is -0.423 e. The molecule has 5 aromatic rings. The van der Waals surface area contributed by atoms with Gasteiger partial charge in [-0.25, -0.2) is 4.98 Å². The molecular formula is C25H24N6O. The Morgan fingerprint density at radius 1 is 1.06 bits per heavy atom. The molecule has 0 amide bonds. The molecule has 0 aliphatic carbocycles. The maximum atomic E-state index is 5.51. The molecule has 2 aromatic carbocycles. The number of nitrogens with one attached hydrogen (secondary N) is 1. The molecule has 0 spiro atoms. The number of nitrogens with zero attached hydrogens (tertiary/aromatic N) is 5. The molecule has 0 unspecified atom stereocenters. The van der Waals surface area contributed by atoms with Crippen LogP contribution >= 0.6 is 0 Å². The molecule has 0 aliphatic rings. The number of imidazole rings is 1. The Morgan fingerprint density at radius 3 is 2.78 bits per heavy atom. The second-order valence-electron chi connectivity index (χ2n) is 7.92. The lowest BCUT2D eigenvalue weighted by atomic mass is 9.96. The summed E-state index contributed by atoms with van der Waals surface area (Å²) in [5.74, 6) is 0.452. The summed E-state index contributed by atoms with van der Waals surface area (Å²) in [5, 5.41) is 12.6. The number of pyridine rings is 1. The average Bonchev–Trinajstić information content (AvgIpc) is 3.51. The van der Waals surface area contributed by atoms with Crippen LogP contribution in [-0.2, 0) is 6.54 Å². The number of benzene rings is 2. The first-order valence-corrected chi connectivity index (χ1v) is 10.7. The SMILES string of the molecule is Cc1ccc(-c2ccc3ncc(-c4nnco4)c(NCCCn4ccnc4)c3c2)c(C)c1. The summed E-state index contributed by atoms with van der Waals surface area (Å²) in [6, 6.07) is 12.9. The van der Waals surface area contributed by atoms with E-state index in [4.69, 9.17) is 4.42 Å². The zero-order valence-corrected chi connectivity index (χ0v) is 18.1. The van der Waals surface area contributed by atoms with Gasteiger partial charge in [-0.2, -0.15) is 0 Å². The predicted molar refractivity (Wildman–Crippen MR) is 125 cm³/mol. The lowest BCUT2D eigenvalue weighted by Gasteiger charge is -2.15. The molecule has 0 aliphatic heterocycles. The van der Waals surface area contributed by atoms with Gasteiger partial charge in [-0.15, -0.1) is 10.2 Å². The van der Waals surface area contributed by atoms with Crippen molar-refractivity contribution in [1.82, 2.24) is 24.7 Å². The molecule has 0 fully saturated rings. The van der Waals surface area contributed by atoms with Crippen LogP contribution in [0.25, 0.3) is 33.5 Å². The van der Waals surface area contributed by atoms with Gasteiger partial charge >= 0.3 is 0 Å². The highest BCUT2D eigenvalue weighted by Crippen LogP contribution is 2.35. The van der Waals surface area contributed by atoms with Crippen molar-refractivity contribution in [3.8, 4) is 22.6 Å². The molecule has 0 bridgehead atoms. The molecule has 0 radical (unpaired) electrons. The number of aromatic nitrogens is 5. The van der Waals surface area contributed by atoms with Crippen LogP contribution in [0.4, 0.5) is 5.69 Å². The summed E-state index contributed by atoms with van der Waals surface area (Å²) in [4.78, 5) is 8.76. The summed E-state index contributed by atoms with van der Waals surface area (Å²) in [6.45, 7) is 5.93. The van der Waals surface area contributed by atoms with Gasteiger partial charge in [0, 0.05) is 37.1 Å². The van der Waals surface area contributed by atoms with Crippen LogP contribution in [0.15, 0.2) is 72.1 Å². The van der Waals surface area contributed by atoms with Crippen LogP contribution in [0, 0.1) is 13.8 Å². The fourth-order valence-electron chi connectivity index (χ4n) is 4.03. The quantitative estimate of drug-likeness (QED) is 0.359. The van der Waals surface area contributed by atoms with Gasteiger partial charge in [0.2, 0.25) is 6.39 Å². The van der Waals surface area contributed by atoms with E-state index in [-0.39, 0.29) is 0 Å². The van der Waals surface area contributed by atoms with E-state index in [9.17, 15) is 0 Å². The van der Waals surface area contributed by atoms with Crippen LogP contribution in [0.2, 0.25) is 0 Å². The second kappa shape index (κ2) is 8.63. The first-order chi connectivity index (χ1) is 15.7. The number of anilines is 1. The van der Waals surface area contributed by atoms with Gasteiger partial charge in [0.25, 0.3) is 5.89 Å². The summed E-state index contributed by atoms with van der Waals surface area (Å²) in [5.41, 5.74) is 7.55. The molecule has 5 rings (SSSR count). The molecule has 3 aromatic heterocycles. The molecule has 32 heavy (non-hydrogen) atoms. The maximum Gasteiger partial charge on any atom is 0.251 e. The van der Waals surface area contributed by atoms with E-state index >= 15 is 0 Å². The summed E-state index contributed by atoms with van der Waals surface area (Å²) in [6.07, 6.45) is 9.69. The lowest BCUT2D eigenvalue weighted by Crippen LogP contribution is -2.07. The molecular weight excluding hydrogens is 400 g/mol. The van der Waals surface area contributed by atoms with Crippen molar-refractivity contribution in [3.05, 3.63) is 78.8 Å². The van der Waals surface area contributed by atoms with Crippen LogP contribution < -0.4 is 5.32 Å². The van der Waals surface area contributed by atoms with Crippen molar-refractivity contribution in [3.63, 3.8) is 0 Å². The predicted octanol–water partition coefficient (Wildman–Crippen LogP) is 5.27. The Labute approximate surface area is 186 Å². The van der Waals surface area contributed by atoms with Gasteiger partial charge in [-0.1, -0.05) is 29.8 Å². The van der Waals surface area contributed by atoms with E-state index in [1.807, 2.05) is 12.5 Å². The van der Waals surface area contributed by atoms with E-state index in [1.54, 1.807) is 12.4 Å². The van der Waals surface area contributed by atoms with Gasteiger partial charge in [0.05, 0.1) is 23.1 Å². The Bertz CT molecular complexity index is 1340. The highest BCUT2D eigenvalue weighted by atomic mass is 16.4. The minimum absolute atomic E-state index is 0.452. The summed E-state index contributed by atoms with van der Waals surface area (Å²) < 4.78 is 7.58. The standard InChI is InChI=1S/C25H24N6O/c1-17-4-6-20(18(2)12-17)19-5-7-23-21(13-19)24(22(14-28-23)25-30-29-16-32-25)27-8-3-10-31-11-9-26-15-31/h4-7,9,11-16H,3,8,10H2,1-2H3,(H,27,28). The highest BCUT2D eigenvalue weighted by molar-refractivity contribution is 6.00. The van der Waals surface area contributed by atoms with E-state index in [0.29, 0.717) is 5.89 Å². The molecule has 1 N–H and O–H groups in total. The van der Waals surface area contributed by atoms with Crippen LogP contribution in [0.5, 0.6) is 0 Å². The van der Waals surface area contributed by atoms with Gasteiger partial charge in [-0.3, -0.25) is 4.98 Å². The number of hydrogen-bond acceptors (Lipinski definition) is 6. The summed E-state index contributed by atoms with van der Waals surface area (Å²) in [7, 11) is 0. The Kier molecular flexibility index (Phi) is 5.37. The number of fused-ring (bicyclic) bond motifs is 1. The maximum absolute atomic E-state index is 5.51.